The van der Waals surface area contributed by atoms with Crippen LogP contribution in [-0.4, -0.2) is 19.0 Å². The van der Waals surface area contributed by atoms with Gasteiger partial charge in [-0.05, 0) is 49.9 Å². The molecule has 3 N–H and O–H groups in total. The lowest BCUT2D eigenvalue weighted by molar-refractivity contribution is 0.0947. The molecule has 17 heavy (non-hydrogen) atoms. The van der Waals surface area contributed by atoms with E-state index in [-0.39, 0.29) is 5.91 Å². The molecule has 1 aromatic carbocycles. The molecule has 94 valence electrons. The van der Waals surface area contributed by atoms with Gasteiger partial charge in [0.15, 0.2) is 0 Å². The molecule has 0 radical (unpaired) electrons. The Morgan fingerprint density at radius 3 is 2.76 bits per heavy atom. The van der Waals surface area contributed by atoms with Crippen LogP contribution in [0.3, 0.4) is 0 Å². The molecule has 1 amide bonds. The monoisotopic (exact) mass is 234 g/mol. The number of hydrogen-bond acceptors (Lipinski definition) is 2. The number of carbonyl (C=O) groups is 1. The molecule has 0 aliphatic carbocycles. The topological polar surface area (TPSA) is 55.1 Å². The van der Waals surface area contributed by atoms with Gasteiger partial charge >= 0.3 is 0 Å². The van der Waals surface area contributed by atoms with E-state index in [1.807, 2.05) is 32.0 Å². The van der Waals surface area contributed by atoms with E-state index in [0.29, 0.717) is 19.0 Å². The van der Waals surface area contributed by atoms with E-state index < -0.39 is 0 Å². The predicted octanol–water partition coefficient (Wildman–Crippen LogP) is 2.02. The highest BCUT2D eigenvalue weighted by Gasteiger charge is 2.10. The summed E-state index contributed by atoms with van der Waals surface area (Å²) in [7, 11) is 0. The third-order valence-corrected chi connectivity index (χ3v) is 3.12. The zero-order chi connectivity index (χ0) is 12.8. The van der Waals surface area contributed by atoms with E-state index in [0.717, 1.165) is 23.1 Å². The molecule has 0 fully saturated rings. The molecule has 0 aromatic heterocycles. The van der Waals surface area contributed by atoms with Gasteiger partial charge in [0.05, 0.1) is 0 Å². The molecule has 0 saturated carbocycles. The van der Waals surface area contributed by atoms with Gasteiger partial charge in [-0.3, -0.25) is 4.79 Å². The smallest absolute Gasteiger partial charge is 0.251 e. The first-order valence-corrected chi connectivity index (χ1v) is 6.10. The van der Waals surface area contributed by atoms with Crippen LogP contribution in [0.4, 0.5) is 0 Å². The molecule has 3 nitrogen and oxygen atoms in total. The second kappa shape index (κ2) is 6.40. The first kappa shape index (κ1) is 13.7. The van der Waals surface area contributed by atoms with Crippen molar-refractivity contribution in [1.29, 1.82) is 0 Å². The number of rotatable bonds is 5. The maximum Gasteiger partial charge on any atom is 0.251 e. The summed E-state index contributed by atoms with van der Waals surface area (Å²) in [5.74, 6) is 0.434. The Morgan fingerprint density at radius 1 is 1.41 bits per heavy atom. The van der Waals surface area contributed by atoms with Crippen LogP contribution in [0.15, 0.2) is 18.2 Å². The Labute approximate surface area is 103 Å². The normalized spacial score (nSPS) is 12.2. The number of carbonyl (C=O) groups excluding carboxylic acids is 1. The standard InChI is InChI=1S/C14H22N2O/c1-10(7-8-15)9-16-14(17)13-6-4-5-11(2)12(13)3/h4-6,10H,7-9,15H2,1-3H3,(H,16,17). The molecular weight excluding hydrogens is 212 g/mol. The zero-order valence-electron chi connectivity index (χ0n) is 10.9. The van der Waals surface area contributed by atoms with Crippen LogP contribution in [0.2, 0.25) is 0 Å². The Bertz CT molecular complexity index is 388. The molecular formula is C14H22N2O. The van der Waals surface area contributed by atoms with Gasteiger partial charge in [-0.25, -0.2) is 0 Å². The molecule has 1 unspecified atom stereocenters. The van der Waals surface area contributed by atoms with E-state index >= 15 is 0 Å². The molecule has 0 aliphatic heterocycles. The molecule has 1 atom stereocenters. The third-order valence-electron chi connectivity index (χ3n) is 3.12. The number of nitrogens with two attached hydrogens (primary N) is 1. The molecule has 0 bridgehead atoms. The molecule has 1 rings (SSSR count). The van der Waals surface area contributed by atoms with Crippen molar-refractivity contribution in [3.63, 3.8) is 0 Å². The van der Waals surface area contributed by atoms with Gasteiger partial charge in [0.2, 0.25) is 0 Å². The minimum Gasteiger partial charge on any atom is -0.352 e. The van der Waals surface area contributed by atoms with Gasteiger partial charge < -0.3 is 11.1 Å². The average Bonchev–Trinajstić information content (AvgIpc) is 2.30. The molecule has 0 saturated heterocycles. The van der Waals surface area contributed by atoms with Crippen molar-refractivity contribution in [2.75, 3.05) is 13.1 Å². The Hall–Kier alpha value is -1.35. The van der Waals surface area contributed by atoms with Crippen LogP contribution in [-0.2, 0) is 0 Å². The lowest BCUT2D eigenvalue weighted by Gasteiger charge is -2.13. The average molecular weight is 234 g/mol. The second-order valence-corrected chi connectivity index (χ2v) is 4.64. The highest BCUT2D eigenvalue weighted by atomic mass is 16.1. The number of aryl methyl sites for hydroxylation is 1. The van der Waals surface area contributed by atoms with Gasteiger partial charge in [0, 0.05) is 12.1 Å². The van der Waals surface area contributed by atoms with Crippen molar-refractivity contribution >= 4 is 5.91 Å². The molecule has 0 aliphatic rings. The lowest BCUT2D eigenvalue weighted by Crippen LogP contribution is -2.29. The van der Waals surface area contributed by atoms with Gasteiger partial charge in [0.1, 0.15) is 0 Å². The summed E-state index contributed by atoms with van der Waals surface area (Å²) >= 11 is 0. The predicted molar refractivity (Wildman–Crippen MR) is 71.1 cm³/mol. The SMILES string of the molecule is Cc1cccc(C(=O)NCC(C)CCN)c1C. The highest BCUT2D eigenvalue weighted by Crippen LogP contribution is 2.12. The van der Waals surface area contributed by atoms with Gasteiger partial charge in [0.25, 0.3) is 5.91 Å². The Kier molecular flexibility index (Phi) is 5.16. The van der Waals surface area contributed by atoms with Gasteiger partial charge in [-0.15, -0.1) is 0 Å². The van der Waals surface area contributed by atoms with E-state index in [1.165, 1.54) is 0 Å². The maximum absolute atomic E-state index is 12.0. The van der Waals surface area contributed by atoms with E-state index in [1.54, 1.807) is 0 Å². The van der Waals surface area contributed by atoms with Crippen LogP contribution in [0.1, 0.15) is 34.8 Å². The fourth-order valence-electron chi connectivity index (χ4n) is 1.75. The van der Waals surface area contributed by atoms with Crippen LogP contribution in [0.25, 0.3) is 0 Å². The Morgan fingerprint density at radius 2 is 2.12 bits per heavy atom. The first-order valence-electron chi connectivity index (χ1n) is 6.10. The Balaban J connectivity index is 2.61. The quantitative estimate of drug-likeness (QED) is 0.819. The summed E-state index contributed by atoms with van der Waals surface area (Å²) in [6, 6.07) is 5.80. The van der Waals surface area contributed by atoms with Crippen LogP contribution in [0.5, 0.6) is 0 Å². The summed E-state index contributed by atoms with van der Waals surface area (Å²) in [5, 5.41) is 2.96. The summed E-state index contributed by atoms with van der Waals surface area (Å²) in [6.07, 6.45) is 0.938. The number of amides is 1. The fraction of sp³-hybridized carbons (Fsp3) is 0.500. The minimum absolute atomic E-state index is 0.00933. The number of nitrogens with one attached hydrogen (secondary N) is 1. The highest BCUT2D eigenvalue weighted by molar-refractivity contribution is 5.95. The zero-order valence-corrected chi connectivity index (χ0v) is 10.9. The number of hydrogen-bond donors (Lipinski definition) is 2. The van der Waals surface area contributed by atoms with Crippen molar-refractivity contribution < 1.29 is 4.79 Å². The molecule has 1 aromatic rings. The van der Waals surface area contributed by atoms with Gasteiger partial charge in [-0.2, -0.15) is 0 Å². The second-order valence-electron chi connectivity index (χ2n) is 4.64. The van der Waals surface area contributed by atoms with Crippen LogP contribution in [0, 0.1) is 19.8 Å². The third kappa shape index (κ3) is 3.86. The van der Waals surface area contributed by atoms with E-state index in [4.69, 9.17) is 5.73 Å². The van der Waals surface area contributed by atoms with Gasteiger partial charge in [-0.1, -0.05) is 19.1 Å². The van der Waals surface area contributed by atoms with Crippen molar-refractivity contribution in [3.05, 3.63) is 34.9 Å². The van der Waals surface area contributed by atoms with Crippen molar-refractivity contribution in [3.8, 4) is 0 Å². The number of benzene rings is 1. The summed E-state index contributed by atoms with van der Waals surface area (Å²) < 4.78 is 0. The molecule has 0 spiro atoms. The molecule has 0 heterocycles. The van der Waals surface area contributed by atoms with Crippen molar-refractivity contribution in [1.82, 2.24) is 5.32 Å². The van der Waals surface area contributed by atoms with E-state index in [9.17, 15) is 4.79 Å². The van der Waals surface area contributed by atoms with Crippen LogP contribution >= 0.6 is 0 Å². The van der Waals surface area contributed by atoms with Crippen molar-refractivity contribution in [2.45, 2.75) is 27.2 Å². The van der Waals surface area contributed by atoms with Crippen molar-refractivity contribution in [2.24, 2.45) is 11.7 Å². The largest absolute Gasteiger partial charge is 0.352 e. The summed E-state index contributed by atoms with van der Waals surface area (Å²) in [5.41, 5.74) is 8.44. The summed E-state index contributed by atoms with van der Waals surface area (Å²) in [6.45, 7) is 7.44. The minimum atomic E-state index is 0.00933. The van der Waals surface area contributed by atoms with E-state index in [2.05, 4.69) is 12.2 Å². The molecule has 3 heteroatoms. The maximum atomic E-state index is 12.0. The first-order chi connectivity index (χ1) is 8.06. The lowest BCUT2D eigenvalue weighted by atomic mass is 10.0. The fourth-order valence-corrected chi connectivity index (χ4v) is 1.75. The van der Waals surface area contributed by atoms with Crippen LogP contribution < -0.4 is 11.1 Å². The summed E-state index contributed by atoms with van der Waals surface area (Å²) in [4.78, 5) is 12.0.